The van der Waals surface area contributed by atoms with Gasteiger partial charge in [0, 0.05) is 6.07 Å². The van der Waals surface area contributed by atoms with Crippen molar-refractivity contribution in [1.29, 1.82) is 0 Å². The van der Waals surface area contributed by atoms with Gasteiger partial charge in [0.25, 0.3) is 0 Å². The Bertz CT molecular complexity index is 536. The number of nitrogens with zero attached hydrogens (tertiary/aromatic N) is 3. The third-order valence-electron chi connectivity index (χ3n) is 2.14. The molecule has 0 unspecified atom stereocenters. The van der Waals surface area contributed by atoms with E-state index in [0.717, 1.165) is 11.5 Å². The van der Waals surface area contributed by atoms with Gasteiger partial charge in [0.05, 0.1) is 5.69 Å². The molecule has 0 fully saturated rings. The molecule has 1 aromatic carbocycles. The molecule has 0 aliphatic rings. The van der Waals surface area contributed by atoms with Crippen molar-refractivity contribution in [3.63, 3.8) is 0 Å². The van der Waals surface area contributed by atoms with E-state index in [1.165, 1.54) is 6.33 Å². The highest BCUT2D eigenvalue weighted by atomic mass is 16.5. The van der Waals surface area contributed by atoms with Crippen LogP contribution in [0.3, 0.4) is 0 Å². The first-order valence-electron chi connectivity index (χ1n) is 4.98. The molecule has 0 amide bonds. The van der Waals surface area contributed by atoms with Crippen molar-refractivity contribution >= 4 is 5.97 Å². The van der Waals surface area contributed by atoms with Gasteiger partial charge in [0.2, 0.25) is 0 Å². The largest absolute Gasteiger partial charge is 0.482 e. The second-order valence-corrected chi connectivity index (χ2v) is 3.40. The molecule has 88 valence electrons. The number of rotatable bonds is 4. The van der Waals surface area contributed by atoms with E-state index in [1.54, 1.807) is 22.9 Å². The number of carboxylic acids is 1. The predicted octanol–water partition coefficient (Wildman–Crippen LogP) is 1.04. The van der Waals surface area contributed by atoms with Crippen LogP contribution < -0.4 is 4.74 Å². The smallest absolute Gasteiger partial charge is 0.341 e. The molecule has 0 aliphatic heterocycles. The van der Waals surface area contributed by atoms with Crippen molar-refractivity contribution in [3.05, 3.63) is 36.4 Å². The SMILES string of the molecule is Cc1ncnn1-c1cccc(OCC(=O)O)c1. The second-order valence-electron chi connectivity index (χ2n) is 3.40. The lowest BCUT2D eigenvalue weighted by Crippen LogP contribution is -2.09. The summed E-state index contributed by atoms with van der Waals surface area (Å²) in [5, 5.41) is 12.6. The number of carboxylic acid groups (broad SMARTS) is 1. The highest BCUT2D eigenvalue weighted by molar-refractivity contribution is 5.68. The lowest BCUT2D eigenvalue weighted by molar-refractivity contribution is -0.139. The first-order valence-corrected chi connectivity index (χ1v) is 4.98. The molecule has 2 rings (SSSR count). The van der Waals surface area contributed by atoms with Gasteiger partial charge in [-0.3, -0.25) is 0 Å². The van der Waals surface area contributed by atoms with Gasteiger partial charge in [0.1, 0.15) is 17.9 Å². The van der Waals surface area contributed by atoms with Gasteiger partial charge in [-0.1, -0.05) is 6.07 Å². The fourth-order valence-electron chi connectivity index (χ4n) is 1.40. The van der Waals surface area contributed by atoms with Crippen molar-refractivity contribution in [1.82, 2.24) is 14.8 Å². The van der Waals surface area contributed by atoms with Crippen molar-refractivity contribution in [2.45, 2.75) is 6.92 Å². The summed E-state index contributed by atoms with van der Waals surface area (Å²) in [7, 11) is 0. The quantitative estimate of drug-likeness (QED) is 0.853. The van der Waals surface area contributed by atoms with Gasteiger partial charge >= 0.3 is 5.97 Å². The van der Waals surface area contributed by atoms with Gasteiger partial charge in [0.15, 0.2) is 6.61 Å². The Morgan fingerprint density at radius 3 is 3.00 bits per heavy atom. The maximum absolute atomic E-state index is 10.4. The van der Waals surface area contributed by atoms with E-state index >= 15 is 0 Å². The zero-order valence-corrected chi connectivity index (χ0v) is 9.20. The standard InChI is InChI=1S/C11H11N3O3/c1-8-12-7-13-14(8)9-3-2-4-10(5-9)17-6-11(15)16/h2-5,7H,6H2,1H3,(H,15,16). The Kier molecular flexibility index (Phi) is 3.04. The first kappa shape index (κ1) is 11.1. The molecule has 0 saturated carbocycles. The fraction of sp³-hybridized carbons (Fsp3) is 0.182. The molecule has 2 aromatic rings. The van der Waals surface area contributed by atoms with E-state index in [2.05, 4.69) is 10.1 Å². The summed E-state index contributed by atoms with van der Waals surface area (Å²) in [5.74, 6) is 0.229. The highest BCUT2D eigenvalue weighted by Crippen LogP contribution is 2.16. The average Bonchev–Trinajstić information content (AvgIpc) is 2.73. The van der Waals surface area contributed by atoms with Gasteiger partial charge in [-0.15, -0.1) is 0 Å². The Balaban J connectivity index is 2.23. The maximum atomic E-state index is 10.4. The summed E-state index contributed by atoms with van der Waals surface area (Å²) in [5.41, 5.74) is 0.780. The third kappa shape index (κ3) is 2.60. The van der Waals surface area contributed by atoms with E-state index in [1.807, 2.05) is 13.0 Å². The Morgan fingerprint density at radius 1 is 1.53 bits per heavy atom. The number of aromatic nitrogens is 3. The zero-order chi connectivity index (χ0) is 12.3. The van der Waals surface area contributed by atoms with E-state index in [-0.39, 0.29) is 6.61 Å². The molecule has 1 N–H and O–H groups in total. The number of hydrogen-bond acceptors (Lipinski definition) is 4. The summed E-state index contributed by atoms with van der Waals surface area (Å²) in [6.07, 6.45) is 1.46. The number of aryl methyl sites for hydroxylation is 1. The Hall–Kier alpha value is -2.37. The summed E-state index contributed by atoms with van der Waals surface area (Å²) in [6.45, 7) is 1.47. The minimum atomic E-state index is -1.01. The van der Waals surface area contributed by atoms with Crippen molar-refractivity contribution < 1.29 is 14.6 Å². The number of aliphatic carboxylic acids is 1. The second kappa shape index (κ2) is 4.65. The van der Waals surface area contributed by atoms with Crippen LogP contribution in [0.25, 0.3) is 5.69 Å². The molecule has 6 nitrogen and oxygen atoms in total. The Labute approximate surface area is 97.5 Å². The van der Waals surface area contributed by atoms with Crippen LogP contribution in [0.15, 0.2) is 30.6 Å². The third-order valence-corrected chi connectivity index (χ3v) is 2.14. The number of ether oxygens (including phenoxy) is 1. The number of carbonyl (C=O) groups is 1. The topological polar surface area (TPSA) is 77.2 Å². The summed E-state index contributed by atoms with van der Waals surface area (Å²) < 4.78 is 6.73. The number of hydrogen-bond donors (Lipinski definition) is 1. The van der Waals surface area contributed by atoms with Crippen LogP contribution in [-0.2, 0) is 4.79 Å². The molecular formula is C11H11N3O3. The minimum Gasteiger partial charge on any atom is -0.482 e. The van der Waals surface area contributed by atoms with E-state index in [4.69, 9.17) is 9.84 Å². The van der Waals surface area contributed by atoms with Gasteiger partial charge in [-0.25, -0.2) is 14.5 Å². The minimum absolute atomic E-state index is 0.361. The zero-order valence-electron chi connectivity index (χ0n) is 9.20. The molecule has 1 heterocycles. The van der Waals surface area contributed by atoms with Crippen LogP contribution in [0, 0.1) is 6.92 Å². The maximum Gasteiger partial charge on any atom is 0.341 e. The summed E-state index contributed by atoms with van der Waals surface area (Å²) in [4.78, 5) is 14.4. The van der Waals surface area contributed by atoms with Crippen LogP contribution >= 0.6 is 0 Å². The fourth-order valence-corrected chi connectivity index (χ4v) is 1.40. The van der Waals surface area contributed by atoms with E-state index < -0.39 is 5.97 Å². The highest BCUT2D eigenvalue weighted by Gasteiger charge is 2.04. The Morgan fingerprint density at radius 2 is 2.35 bits per heavy atom. The van der Waals surface area contributed by atoms with Crippen LogP contribution in [0.4, 0.5) is 0 Å². The van der Waals surface area contributed by atoms with Crippen LogP contribution in [0.1, 0.15) is 5.82 Å². The lowest BCUT2D eigenvalue weighted by Gasteiger charge is -2.06. The van der Waals surface area contributed by atoms with Crippen molar-refractivity contribution in [2.24, 2.45) is 0 Å². The van der Waals surface area contributed by atoms with Gasteiger partial charge < -0.3 is 9.84 Å². The monoisotopic (exact) mass is 233 g/mol. The van der Waals surface area contributed by atoms with E-state index in [0.29, 0.717) is 5.75 Å². The molecule has 0 bridgehead atoms. The van der Waals surface area contributed by atoms with Crippen molar-refractivity contribution in [3.8, 4) is 11.4 Å². The molecule has 0 atom stereocenters. The molecule has 0 saturated heterocycles. The summed E-state index contributed by atoms with van der Waals surface area (Å²) >= 11 is 0. The predicted molar refractivity (Wildman–Crippen MR) is 59.2 cm³/mol. The molecule has 0 aliphatic carbocycles. The van der Waals surface area contributed by atoms with Gasteiger partial charge in [-0.05, 0) is 19.1 Å². The average molecular weight is 233 g/mol. The van der Waals surface area contributed by atoms with Crippen LogP contribution in [0.2, 0.25) is 0 Å². The molecule has 6 heteroatoms. The lowest BCUT2D eigenvalue weighted by atomic mass is 10.3. The first-order chi connectivity index (χ1) is 8.16. The van der Waals surface area contributed by atoms with Gasteiger partial charge in [-0.2, -0.15) is 5.10 Å². The molecule has 17 heavy (non-hydrogen) atoms. The summed E-state index contributed by atoms with van der Waals surface area (Å²) in [6, 6.07) is 7.02. The molecule has 0 radical (unpaired) electrons. The van der Waals surface area contributed by atoms with Crippen LogP contribution in [-0.4, -0.2) is 32.4 Å². The van der Waals surface area contributed by atoms with Crippen molar-refractivity contribution in [2.75, 3.05) is 6.61 Å². The number of benzene rings is 1. The van der Waals surface area contributed by atoms with Crippen LogP contribution in [0.5, 0.6) is 5.75 Å². The molecule has 0 spiro atoms. The molecular weight excluding hydrogens is 222 g/mol. The van der Waals surface area contributed by atoms with E-state index in [9.17, 15) is 4.79 Å². The normalized spacial score (nSPS) is 10.2. The molecule has 1 aromatic heterocycles.